The molecule has 1 aromatic carbocycles. The van der Waals surface area contributed by atoms with Gasteiger partial charge >= 0.3 is 11.9 Å². The first-order valence-electron chi connectivity index (χ1n) is 9.15. The van der Waals surface area contributed by atoms with Crippen LogP contribution in [-0.4, -0.2) is 45.9 Å². The van der Waals surface area contributed by atoms with Gasteiger partial charge in [0.15, 0.2) is 5.69 Å². The van der Waals surface area contributed by atoms with Crippen LogP contribution < -0.4 is 25.5 Å². The van der Waals surface area contributed by atoms with E-state index in [1.807, 2.05) is 13.8 Å². The first kappa shape index (κ1) is 22.3. The monoisotopic (exact) mass is 414 g/mol. The number of aromatic nitrogens is 2. The van der Waals surface area contributed by atoms with Crippen LogP contribution in [0.5, 0.6) is 17.4 Å². The minimum absolute atomic E-state index is 0.0649. The second-order valence-corrected chi connectivity index (χ2v) is 6.21. The Labute approximate surface area is 173 Å². The minimum Gasteiger partial charge on any atom is -0.491 e. The summed E-state index contributed by atoms with van der Waals surface area (Å²) in [4.78, 5) is 31.1. The molecule has 10 nitrogen and oxygen atoms in total. The predicted molar refractivity (Wildman–Crippen MR) is 108 cm³/mol. The van der Waals surface area contributed by atoms with Crippen LogP contribution in [0.4, 0.5) is 0 Å². The molecule has 0 aliphatic rings. The summed E-state index contributed by atoms with van der Waals surface area (Å²) in [6, 6.07) is 4.66. The number of carbonyl (C=O) groups is 2. The standard InChI is InChI=1S/C20H23N5O5/c1-4-12(2)29-14-7-13(19(26)25-17(21)5-6-22-3)8-15(9-14)30-18-11-23-16(10-24-18)20(27)28/h5-12,22H,4H2,1-3H3,(H,27,28)(H2,21,25,26)/p+1/b6-5-/t12-/m0/s1. The number of amides is 1. The van der Waals surface area contributed by atoms with Crippen LogP contribution in [0.3, 0.4) is 0 Å². The number of hydrogen-bond acceptors (Lipinski definition) is 7. The smallest absolute Gasteiger partial charge is 0.356 e. The van der Waals surface area contributed by atoms with Gasteiger partial charge in [0.2, 0.25) is 5.88 Å². The molecule has 0 aliphatic carbocycles. The Morgan fingerprint density at radius 3 is 2.57 bits per heavy atom. The lowest BCUT2D eigenvalue weighted by Crippen LogP contribution is -2.49. The van der Waals surface area contributed by atoms with Crippen LogP contribution in [0.2, 0.25) is 0 Å². The van der Waals surface area contributed by atoms with Crippen molar-refractivity contribution in [3.05, 3.63) is 54.1 Å². The van der Waals surface area contributed by atoms with E-state index in [9.17, 15) is 9.59 Å². The number of amidine groups is 1. The molecule has 1 aromatic heterocycles. The third kappa shape index (κ3) is 6.59. The molecular weight excluding hydrogens is 390 g/mol. The van der Waals surface area contributed by atoms with Crippen molar-refractivity contribution in [1.29, 1.82) is 0 Å². The van der Waals surface area contributed by atoms with Crippen LogP contribution in [0.15, 0.2) is 42.9 Å². The molecule has 2 rings (SSSR count). The lowest BCUT2D eigenvalue weighted by atomic mass is 10.1. The second kappa shape index (κ2) is 10.6. The van der Waals surface area contributed by atoms with E-state index in [-0.39, 0.29) is 34.8 Å². The third-order valence-electron chi connectivity index (χ3n) is 3.81. The van der Waals surface area contributed by atoms with E-state index in [4.69, 9.17) is 20.0 Å². The van der Waals surface area contributed by atoms with Crippen LogP contribution in [0.1, 0.15) is 41.1 Å². The Bertz CT molecular complexity index is 943. The zero-order chi connectivity index (χ0) is 22.1. The van der Waals surface area contributed by atoms with Gasteiger partial charge < -0.3 is 19.9 Å². The summed E-state index contributed by atoms with van der Waals surface area (Å²) in [5.74, 6) is -0.748. The number of carboxylic acids is 1. The number of aromatic carboxylic acids is 1. The molecule has 0 aliphatic heterocycles. The van der Waals surface area contributed by atoms with Crippen molar-refractivity contribution in [3.8, 4) is 17.4 Å². The molecule has 0 bridgehead atoms. The van der Waals surface area contributed by atoms with Gasteiger partial charge in [-0.25, -0.2) is 24.9 Å². The normalized spacial score (nSPS) is 11.6. The number of ether oxygens (including phenoxy) is 2. The van der Waals surface area contributed by atoms with Crippen molar-refractivity contribution >= 4 is 17.7 Å². The number of rotatable bonds is 9. The molecule has 158 valence electrons. The number of carbonyl (C=O) groups excluding carboxylic acids is 1. The maximum atomic E-state index is 12.6. The fourth-order valence-electron chi connectivity index (χ4n) is 2.16. The first-order chi connectivity index (χ1) is 14.3. The molecule has 0 radical (unpaired) electrons. The maximum absolute atomic E-state index is 12.6. The van der Waals surface area contributed by atoms with Gasteiger partial charge in [-0.05, 0) is 25.5 Å². The average molecular weight is 414 g/mol. The van der Waals surface area contributed by atoms with E-state index in [1.165, 1.54) is 18.3 Å². The molecule has 0 spiro atoms. The van der Waals surface area contributed by atoms with Gasteiger partial charge in [0.1, 0.15) is 11.5 Å². The van der Waals surface area contributed by atoms with Crippen molar-refractivity contribution in [3.63, 3.8) is 0 Å². The lowest BCUT2D eigenvalue weighted by molar-refractivity contribution is -0.115. The number of carboxylic acid groups (broad SMARTS) is 1. The number of hydrogen-bond donors (Lipinski definition) is 4. The molecule has 2 aromatic rings. The summed E-state index contributed by atoms with van der Waals surface area (Å²) in [6.45, 7) is 3.87. The molecule has 1 atom stereocenters. The topological polar surface area (TPSA) is 148 Å². The van der Waals surface area contributed by atoms with Gasteiger partial charge in [-0.3, -0.25) is 5.41 Å². The first-order valence-corrected chi connectivity index (χ1v) is 9.15. The van der Waals surface area contributed by atoms with Crippen LogP contribution in [0.25, 0.3) is 0 Å². The molecule has 5 N–H and O–H groups in total. The van der Waals surface area contributed by atoms with Crippen LogP contribution >= 0.6 is 0 Å². The summed E-state index contributed by atoms with van der Waals surface area (Å²) in [5.41, 5.74) is 0.0404. The Hall–Kier alpha value is -3.95. The Morgan fingerprint density at radius 1 is 1.23 bits per heavy atom. The summed E-state index contributed by atoms with van der Waals surface area (Å²) >= 11 is 0. The fraction of sp³-hybridized carbons (Fsp3) is 0.250. The van der Waals surface area contributed by atoms with E-state index >= 15 is 0 Å². The summed E-state index contributed by atoms with van der Waals surface area (Å²) in [6.07, 6.45) is 6.03. The van der Waals surface area contributed by atoms with Crippen molar-refractivity contribution in [2.75, 3.05) is 7.05 Å². The summed E-state index contributed by atoms with van der Waals surface area (Å²) in [7, 11) is 1.71. The zero-order valence-electron chi connectivity index (χ0n) is 16.9. The predicted octanol–water partition coefficient (Wildman–Crippen LogP) is 0.765. The highest BCUT2D eigenvalue weighted by Gasteiger charge is 2.17. The molecule has 30 heavy (non-hydrogen) atoms. The quantitative estimate of drug-likeness (QED) is 0.347. The molecule has 0 fully saturated rings. The van der Waals surface area contributed by atoms with Crippen molar-refractivity contribution < 1.29 is 29.6 Å². The summed E-state index contributed by atoms with van der Waals surface area (Å²) in [5, 5.41) is 20.0. The highest BCUT2D eigenvalue weighted by molar-refractivity contribution is 6.08. The molecule has 0 saturated carbocycles. The fourth-order valence-corrected chi connectivity index (χ4v) is 2.16. The van der Waals surface area contributed by atoms with Crippen molar-refractivity contribution in [2.24, 2.45) is 0 Å². The molecule has 0 saturated heterocycles. The lowest BCUT2D eigenvalue weighted by Gasteiger charge is -2.14. The third-order valence-corrected chi connectivity index (χ3v) is 3.81. The average Bonchev–Trinajstić information content (AvgIpc) is 2.72. The van der Waals surface area contributed by atoms with E-state index in [1.54, 1.807) is 25.4 Å². The zero-order valence-corrected chi connectivity index (χ0v) is 16.9. The number of nitrogens with two attached hydrogens (primary N) is 1. The van der Waals surface area contributed by atoms with Crippen molar-refractivity contribution in [2.45, 2.75) is 26.4 Å². The van der Waals surface area contributed by atoms with Gasteiger partial charge in [0, 0.05) is 25.4 Å². The Balaban J connectivity index is 2.29. The molecule has 10 heteroatoms. The molecule has 1 amide bonds. The Morgan fingerprint density at radius 2 is 1.97 bits per heavy atom. The van der Waals surface area contributed by atoms with Crippen molar-refractivity contribution in [1.82, 2.24) is 20.6 Å². The number of benzene rings is 1. The van der Waals surface area contributed by atoms with Gasteiger partial charge in [0.05, 0.1) is 24.1 Å². The van der Waals surface area contributed by atoms with E-state index in [0.717, 1.165) is 12.6 Å². The molecular formula is C20H24N5O5+. The largest absolute Gasteiger partial charge is 0.491 e. The van der Waals surface area contributed by atoms with Gasteiger partial charge in [-0.2, -0.15) is 0 Å². The Kier molecular flexibility index (Phi) is 7.86. The molecule has 1 heterocycles. The van der Waals surface area contributed by atoms with E-state index < -0.39 is 11.9 Å². The SMILES string of the molecule is CC[C@H](C)Oc1cc(Oc2cnc(C(=O)O)cn2)cc(C(=O)NC(=[NH2+])/C=C\NC)c1. The minimum atomic E-state index is -1.20. The van der Waals surface area contributed by atoms with Crippen LogP contribution in [-0.2, 0) is 0 Å². The van der Waals surface area contributed by atoms with Gasteiger partial charge in [0.25, 0.3) is 5.84 Å². The second-order valence-electron chi connectivity index (χ2n) is 6.21. The van der Waals surface area contributed by atoms with Gasteiger partial charge in [-0.1, -0.05) is 6.92 Å². The number of nitrogens with zero attached hydrogens (tertiary/aromatic N) is 2. The van der Waals surface area contributed by atoms with E-state index in [2.05, 4.69) is 20.6 Å². The summed E-state index contributed by atoms with van der Waals surface area (Å²) < 4.78 is 11.5. The highest BCUT2D eigenvalue weighted by Crippen LogP contribution is 2.27. The van der Waals surface area contributed by atoms with Gasteiger partial charge in [-0.15, -0.1) is 0 Å². The number of nitrogens with one attached hydrogen (secondary N) is 2. The van der Waals surface area contributed by atoms with Crippen LogP contribution in [0, 0.1) is 0 Å². The van der Waals surface area contributed by atoms with E-state index in [0.29, 0.717) is 5.75 Å². The highest BCUT2D eigenvalue weighted by atomic mass is 16.5. The molecule has 0 unspecified atom stereocenters. The maximum Gasteiger partial charge on any atom is 0.356 e.